The predicted octanol–water partition coefficient (Wildman–Crippen LogP) is 1.29. The maximum Gasteiger partial charge on any atom is 0.318 e. The van der Waals surface area contributed by atoms with Gasteiger partial charge in [-0.3, -0.25) is 0 Å². The topological polar surface area (TPSA) is 65.4 Å². The lowest BCUT2D eigenvalue weighted by atomic mass is 10.1. The summed E-state index contributed by atoms with van der Waals surface area (Å²) < 4.78 is 5.14. The van der Waals surface area contributed by atoms with Crippen molar-refractivity contribution in [3.63, 3.8) is 0 Å². The second-order valence-corrected chi connectivity index (χ2v) is 3.82. The van der Waals surface area contributed by atoms with Gasteiger partial charge in [-0.25, -0.2) is 4.79 Å². The summed E-state index contributed by atoms with van der Waals surface area (Å²) in [6, 6.07) is 9.26. The van der Waals surface area contributed by atoms with E-state index in [0.717, 1.165) is 11.3 Å². The van der Waals surface area contributed by atoms with Crippen LogP contribution in [0.5, 0.6) is 5.75 Å². The van der Waals surface area contributed by atoms with Gasteiger partial charge in [-0.1, -0.05) is 12.1 Å². The standard InChI is InChI=1S/C12H13N3O2/c1-17-10-4-2-3-9(7-10)11-8-15(6-5-13)12(16)14-11/h2-4,7,11H,6,8H2,1H3,(H,14,16). The van der Waals surface area contributed by atoms with E-state index in [1.807, 2.05) is 30.3 Å². The third kappa shape index (κ3) is 2.31. The number of rotatable bonds is 3. The number of amides is 2. The highest BCUT2D eigenvalue weighted by atomic mass is 16.5. The normalized spacial score (nSPS) is 18.7. The third-order valence-electron chi connectivity index (χ3n) is 2.75. The first-order valence-electron chi connectivity index (χ1n) is 5.31. The number of carbonyl (C=O) groups excluding carboxylic acids is 1. The van der Waals surface area contributed by atoms with Crippen LogP contribution in [-0.4, -0.2) is 31.1 Å². The Balaban J connectivity index is 2.14. The second kappa shape index (κ2) is 4.74. The van der Waals surface area contributed by atoms with Crippen molar-refractivity contribution >= 4 is 6.03 Å². The van der Waals surface area contributed by atoms with Crippen LogP contribution in [0.15, 0.2) is 24.3 Å². The lowest BCUT2D eigenvalue weighted by molar-refractivity contribution is 0.222. The van der Waals surface area contributed by atoms with Crippen molar-refractivity contribution in [2.45, 2.75) is 6.04 Å². The summed E-state index contributed by atoms with van der Waals surface area (Å²) in [4.78, 5) is 13.0. The maximum absolute atomic E-state index is 11.5. The van der Waals surface area contributed by atoms with Crippen LogP contribution in [0.2, 0.25) is 0 Å². The molecule has 1 N–H and O–H groups in total. The molecule has 0 aromatic heterocycles. The minimum absolute atomic E-state index is 0.0778. The number of methoxy groups -OCH3 is 1. The molecule has 88 valence electrons. The molecule has 2 rings (SSSR count). The van der Waals surface area contributed by atoms with Gasteiger partial charge in [0.1, 0.15) is 12.3 Å². The molecule has 0 bridgehead atoms. The molecular weight excluding hydrogens is 218 g/mol. The smallest absolute Gasteiger partial charge is 0.318 e. The summed E-state index contributed by atoms with van der Waals surface area (Å²) in [6.07, 6.45) is 0. The van der Waals surface area contributed by atoms with E-state index in [2.05, 4.69) is 5.32 Å². The largest absolute Gasteiger partial charge is 0.497 e. The van der Waals surface area contributed by atoms with E-state index < -0.39 is 0 Å². The molecule has 1 fully saturated rings. The van der Waals surface area contributed by atoms with Crippen molar-refractivity contribution in [2.24, 2.45) is 0 Å². The van der Waals surface area contributed by atoms with Gasteiger partial charge in [0.25, 0.3) is 0 Å². The number of urea groups is 1. The van der Waals surface area contributed by atoms with Gasteiger partial charge in [0.2, 0.25) is 0 Å². The van der Waals surface area contributed by atoms with E-state index in [9.17, 15) is 4.79 Å². The van der Waals surface area contributed by atoms with Crippen molar-refractivity contribution in [3.8, 4) is 11.8 Å². The zero-order valence-corrected chi connectivity index (χ0v) is 9.51. The number of carbonyl (C=O) groups is 1. The van der Waals surface area contributed by atoms with Crippen LogP contribution in [0.25, 0.3) is 0 Å². The van der Waals surface area contributed by atoms with Gasteiger partial charge in [0, 0.05) is 6.54 Å². The Morgan fingerprint density at radius 3 is 3.18 bits per heavy atom. The molecule has 1 unspecified atom stereocenters. The van der Waals surface area contributed by atoms with Crippen LogP contribution < -0.4 is 10.1 Å². The molecule has 1 aliphatic heterocycles. The number of nitrogens with zero attached hydrogens (tertiary/aromatic N) is 2. The van der Waals surface area contributed by atoms with Gasteiger partial charge >= 0.3 is 6.03 Å². The van der Waals surface area contributed by atoms with Crippen molar-refractivity contribution in [1.29, 1.82) is 5.26 Å². The third-order valence-corrected chi connectivity index (χ3v) is 2.75. The number of benzene rings is 1. The van der Waals surface area contributed by atoms with Gasteiger partial charge in [0.05, 0.1) is 19.2 Å². The first kappa shape index (κ1) is 11.3. The average molecular weight is 231 g/mol. The van der Waals surface area contributed by atoms with Crippen LogP contribution in [0.3, 0.4) is 0 Å². The number of ether oxygens (including phenoxy) is 1. The van der Waals surface area contributed by atoms with E-state index in [4.69, 9.17) is 10.00 Å². The summed E-state index contributed by atoms with van der Waals surface area (Å²) in [5.74, 6) is 0.760. The molecule has 0 spiro atoms. The fourth-order valence-electron chi connectivity index (χ4n) is 1.86. The quantitative estimate of drug-likeness (QED) is 0.797. The Bertz CT molecular complexity index is 467. The lowest BCUT2D eigenvalue weighted by Gasteiger charge is -2.11. The highest BCUT2D eigenvalue weighted by molar-refractivity contribution is 5.77. The fourth-order valence-corrected chi connectivity index (χ4v) is 1.86. The van der Waals surface area contributed by atoms with Crippen molar-refractivity contribution in [2.75, 3.05) is 20.2 Å². The van der Waals surface area contributed by atoms with Crippen LogP contribution in [-0.2, 0) is 0 Å². The van der Waals surface area contributed by atoms with E-state index in [-0.39, 0.29) is 18.6 Å². The summed E-state index contributed by atoms with van der Waals surface area (Å²) in [5, 5.41) is 11.4. The summed E-state index contributed by atoms with van der Waals surface area (Å²) >= 11 is 0. The Labute approximate surface area is 99.6 Å². The summed E-state index contributed by atoms with van der Waals surface area (Å²) in [5.41, 5.74) is 0.984. The molecule has 17 heavy (non-hydrogen) atoms. The Hall–Kier alpha value is -2.22. The zero-order valence-electron chi connectivity index (χ0n) is 9.51. The highest BCUT2D eigenvalue weighted by Gasteiger charge is 2.29. The second-order valence-electron chi connectivity index (χ2n) is 3.82. The molecule has 1 atom stereocenters. The van der Waals surface area contributed by atoms with Crippen molar-refractivity contribution < 1.29 is 9.53 Å². The molecule has 5 heteroatoms. The lowest BCUT2D eigenvalue weighted by Crippen LogP contribution is -2.28. The molecule has 0 saturated carbocycles. The molecule has 1 aromatic rings. The molecule has 5 nitrogen and oxygen atoms in total. The molecule has 1 aliphatic rings. The van der Waals surface area contributed by atoms with E-state index in [1.165, 1.54) is 4.90 Å². The van der Waals surface area contributed by atoms with Crippen LogP contribution in [0, 0.1) is 11.3 Å². The Morgan fingerprint density at radius 2 is 2.47 bits per heavy atom. The van der Waals surface area contributed by atoms with Gasteiger partial charge < -0.3 is 15.0 Å². The van der Waals surface area contributed by atoms with E-state index >= 15 is 0 Å². The van der Waals surface area contributed by atoms with E-state index in [1.54, 1.807) is 7.11 Å². The fraction of sp³-hybridized carbons (Fsp3) is 0.333. The number of hydrogen-bond donors (Lipinski definition) is 1. The van der Waals surface area contributed by atoms with Gasteiger partial charge in [0.15, 0.2) is 0 Å². The van der Waals surface area contributed by atoms with Crippen LogP contribution in [0.4, 0.5) is 4.79 Å². The molecular formula is C12H13N3O2. The SMILES string of the molecule is COc1cccc(C2CN(CC#N)C(=O)N2)c1. The predicted molar refractivity (Wildman–Crippen MR) is 61.5 cm³/mol. The maximum atomic E-state index is 11.5. The number of nitriles is 1. The monoisotopic (exact) mass is 231 g/mol. The van der Waals surface area contributed by atoms with Gasteiger partial charge in [-0.05, 0) is 17.7 Å². The number of hydrogen-bond acceptors (Lipinski definition) is 3. The first-order valence-corrected chi connectivity index (χ1v) is 5.31. The Morgan fingerprint density at radius 1 is 1.65 bits per heavy atom. The van der Waals surface area contributed by atoms with Gasteiger partial charge in [-0.15, -0.1) is 0 Å². The molecule has 1 saturated heterocycles. The molecule has 0 radical (unpaired) electrons. The Kier molecular flexibility index (Phi) is 3.15. The summed E-state index contributed by atoms with van der Waals surface area (Å²) in [7, 11) is 1.61. The molecule has 1 aromatic carbocycles. The first-order chi connectivity index (χ1) is 8.24. The zero-order chi connectivity index (χ0) is 12.3. The average Bonchev–Trinajstić information content (AvgIpc) is 2.72. The van der Waals surface area contributed by atoms with Crippen LogP contribution in [0.1, 0.15) is 11.6 Å². The number of nitrogens with one attached hydrogen (secondary N) is 1. The highest BCUT2D eigenvalue weighted by Crippen LogP contribution is 2.23. The minimum Gasteiger partial charge on any atom is -0.497 e. The summed E-state index contributed by atoms with van der Waals surface area (Å²) in [6.45, 7) is 0.631. The molecule has 2 amide bonds. The molecule has 0 aliphatic carbocycles. The van der Waals surface area contributed by atoms with Crippen molar-refractivity contribution in [3.05, 3.63) is 29.8 Å². The van der Waals surface area contributed by atoms with E-state index in [0.29, 0.717) is 6.54 Å². The van der Waals surface area contributed by atoms with Gasteiger partial charge in [-0.2, -0.15) is 5.26 Å². The minimum atomic E-state index is -0.195. The van der Waals surface area contributed by atoms with Crippen molar-refractivity contribution in [1.82, 2.24) is 10.2 Å². The molecule has 1 heterocycles. The van der Waals surface area contributed by atoms with Crippen LogP contribution >= 0.6 is 0 Å².